The quantitative estimate of drug-likeness (QED) is 0.905. The summed E-state index contributed by atoms with van der Waals surface area (Å²) in [5.41, 5.74) is 2.01. The van der Waals surface area contributed by atoms with Crippen LogP contribution in [0.5, 0.6) is 5.75 Å². The summed E-state index contributed by atoms with van der Waals surface area (Å²) in [7, 11) is -0.950. The van der Waals surface area contributed by atoms with Crippen molar-refractivity contribution in [1.29, 1.82) is 4.78 Å². The highest BCUT2D eigenvalue weighted by Gasteiger charge is 2.52. The molecule has 1 aliphatic heterocycles. The van der Waals surface area contributed by atoms with Crippen molar-refractivity contribution in [3.8, 4) is 5.75 Å². The van der Waals surface area contributed by atoms with E-state index in [-0.39, 0.29) is 17.0 Å². The zero-order valence-corrected chi connectivity index (χ0v) is 15.2. The lowest BCUT2D eigenvalue weighted by Gasteiger charge is -2.60. The maximum atomic E-state index is 14.1. The van der Waals surface area contributed by atoms with E-state index in [2.05, 4.69) is 9.88 Å². The molecule has 7 heteroatoms. The van der Waals surface area contributed by atoms with Crippen LogP contribution in [0.15, 0.2) is 24.4 Å². The molecule has 1 saturated carbocycles. The van der Waals surface area contributed by atoms with Crippen molar-refractivity contribution >= 4 is 26.3 Å². The fourth-order valence-corrected chi connectivity index (χ4v) is 5.62. The molecule has 1 aromatic heterocycles. The van der Waals surface area contributed by atoms with E-state index in [1.807, 2.05) is 6.07 Å². The minimum Gasteiger partial charge on any atom is -0.494 e. The highest BCUT2D eigenvalue weighted by Crippen LogP contribution is 2.53. The maximum Gasteiger partial charge on any atom is 0.165 e. The second-order valence-electron chi connectivity index (χ2n) is 7.64. The number of rotatable bonds is 4. The van der Waals surface area contributed by atoms with Gasteiger partial charge in [0, 0.05) is 63.6 Å². The van der Waals surface area contributed by atoms with Crippen LogP contribution in [0, 0.1) is 21.9 Å². The first kappa shape index (κ1) is 16.6. The van der Waals surface area contributed by atoms with E-state index in [1.165, 1.54) is 19.4 Å². The van der Waals surface area contributed by atoms with E-state index in [4.69, 9.17) is 9.52 Å². The number of methoxy groups -OCH3 is 1. The van der Waals surface area contributed by atoms with Gasteiger partial charge < -0.3 is 9.64 Å². The van der Waals surface area contributed by atoms with Crippen LogP contribution in [0.25, 0.3) is 10.9 Å². The van der Waals surface area contributed by atoms with E-state index in [0.717, 1.165) is 42.5 Å². The van der Waals surface area contributed by atoms with E-state index >= 15 is 0 Å². The molecule has 1 atom stereocenters. The SMILES string of the molecule is COc1cc2nccc(N3CC4(CC(C[S@@](C)(=N)=O)C4)C3)c2cc1F. The Morgan fingerprint density at radius 3 is 2.80 bits per heavy atom. The van der Waals surface area contributed by atoms with Gasteiger partial charge in [0.05, 0.1) is 12.6 Å². The van der Waals surface area contributed by atoms with Crippen LogP contribution in [0.3, 0.4) is 0 Å². The van der Waals surface area contributed by atoms with Crippen molar-refractivity contribution in [2.75, 3.05) is 37.1 Å². The Morgan fingerprint density at radius 1 is 1.44 bits per heavy atom. The van der Waals surface area contributed by atoms with Crippen LogP contribution in [-0.2, 0) is 9.73 Å². The van der Waals surface area contributed by atoms with E-state index < -0.39 is 9.73 Å². The number of hydrogen-bond donors (Lipinski definition) is 1. The average molecular weight is 363 g/mol. The molecule has 5 nitrogen and oxygen atoms in total. The summed E-state index contributed by atoms with van der Waals surface area (Å²) < 4.78 is 38.4. The molecule has 0 bridgehead atoms. The Bertz CT molecular complexity index is 931. The summed E-state index contributed by atoms with van der Waals surface area (Å²) in [6, 6.07) is 5.06. The second kappa shape index (κ2) is 5.56. The van der Waals surface area contributed by atoms with Crippen LogP contribution in [-0.4, -0.2) is 41.4 Å². The minimum atomic E-state index is -2.40. The number of nitrogens with one attached hydrogen (secondary N) is 1. The number of aromatic nitrogens is 1. The van der Waals surface area contributed by atoms with E-state index in [9.17, 15) is 8.60 Å². The molecule has 1 spiro atoms. The third-order valence-electron chi connectivity index (χ3n) is 5.38. The predicted molar refractivity (Wildman–Crippen MR) is 97.3 cm³/mol. The Morgan fingerprint density at radius 2 is 2.16 bits per heavy atom. The van der Waals surface area contributed by atoms with Crippen LogP contribution in [0.1, 0.15) is 12.8 Å². The molecule has 2 aliphatic rings. The van der Waals surface area contributed by atoms with Gasteiger partial charge in [-0.3, -0.25) is 14.0 Å². The van der Waals surface area contributed by atoms with Crippen molar-refractivity contribution < 1.29 is 13.3 Å². The molecule has 1 aromatic carbocycles. The fourth-order valence-electron chi connectivity index (χ4n) is 4.49. The normalized spacial score (nSPS) is 21.6. The first-order valence-electron chi connectivity index (χ1n) is 8.37. The van der Waals surface area contributed by atoms with Gasteiger partial charge in [0.1, 0.15) is 0 Å². The highest BCUT2D eigenvalue weighted by molar-refractivity contribution is 7.91. The molecule has 2 heterocycles. The van der Waals surface area contributed by atoms with Gasteiger partial charge in [0.15, 0.2) is 11.6 Å². The molecular weight excluding hydrogens is 341 g/mol. The molecule has 134 valence electrons. The molecule has 1 aliphatic carbocycles. The summed E-state index contributed by atoms with van der Waals surface area (Å²) in [4.78, 5) is 6.59. The lowest BCUT2D eigenvalue weighted by Crippen LogP contribution is -2.63. The number of halogens is 1. The van der Waals surface area contributed by atoms with Crippen LogP contribution < -0.4 is 9.64 Å². The van der Waals surface area contributed by atoms with Crippen LogP contribution in [0.2, 0.25) is 0 Å². The molecule has 2 fully saturated rings. The number of pyridine rings is 1. The van der Waals surface area contributed by atoms with Crippen LogP contribution in [0.4, 0.5) is 10.1 Å². The Kier molecular flexibility index (Phi) is 3.68. The van der Waals surface area contributed by atoms with Gasteiger partial charge in [-0.2, -0.15) is 0 Å². The summed E-state index contributed by atoms with van der Waals surface area (Å²) in [6.07, 6.45) is 5.35. The molecule has 2 aromatic rings. The fraction of sp³-hybridized carbons (Fsp3) is 0.500. The summed E-state index contributed by atoms with van der Waals surface area (Å²) >= 11 is 0. The Balaban J connectivity index is 1.51. The lowest BCUT2D eigenvalue weighted by molar-refractivity contribution is 0.0358. The van der Waals surface area contributed by atoms with Gasteiger partial charge in [-0.25, -0.2) is 4.39 Å². The number of ether oxygens (including phenoxy) is 1. The average Bonchev–Trinajstić information content (AvgIpc) is 2.46. The third kappa shape index (κ3) is 2.94. The molecule has 4 rings (SSSR count). The smallest absolute Gasteiger partial charge is 0.165 e. The molecule has 0 radical (unpaired) electrons. The first-order valence-corrected chi connectivity index (χ1v) is 10.5. The van der Waals surface area contributed by atoms with Crippen molar-refractivity contribution in [3.05, 3.63) is 30.2 Å². The van der Waals surface area contributed by atoms with Crippen molar-refractivity contribution in [2.45, 2.75) is 12.8 Å². The highest BCUT2D eigenvalue weighted by atomic mass is 32.2. The van der Waals surface area contributed by atoms with E-state index in [1.54, 1.807) is 12.3 Å². The Hall–Kier alpha value is -1.89. The first-order chi connectivity index (χ1) is 11.8. The molecular formula is C18H22FN3O2S. The Labute approximate surface area is 147 Å². The van der Waals surface area contributed by atoms with Crippen molar-refractivity contribution in [3.63, 3.8) is 0 Å². The largest absolute Gasteiger partial charge is 0.494 e. The second-order valence-corrected chi connectivity index (χ2v) is 9.98. The number of hydrogen-bond acceptors (Lipinski definition) is 5. The van der Waals surface area contributed by atoms with Gasteiger partial charge in [-0.05, 0) is 30.9 Å². The van der Waals surface area contributed by atoms with Gasteiger partial charge in [-0.15, -0.1) is 0 Å². The number of benzene rings is 1. The van der Waals surface area contributed by atoms with Crippen molar-refractivity contribution in [1.82, 2.24) is 4.98 Å². The predicted octanol–water partition coefficient (Wildman–Crippen LogP) is 3.28. The van der Waals surface area contributed by atoms with E-state index in [0.29, 0.717) is 11.7 Å². The molecule has 25 heavy (non-hydrogen) atoms. The summed E-state index contributed by atoms with van der Waals surface area (Å²) in [6.45, 7) is 1.86. The summed E-state index contributed by atoms with van der Waals surface area (Å²) in [5, 5.41) is 0.800. The van der Waals surface area contributed by atoms with Crippen molar-refractivity contribution in [2.24, 2.45) is 11.3 Å². The van der Waals surface area contributed by atoms with Gasteiger partial charge in [0.25, 0.3) is 0 Å². The molecule has 0 unspecified atom stereocenters. The third-order valence-corrected chi connectivity index (χ3v) is 6.49. The maximum absolute atomic E-state index is 14.1. The van der Waals surface area contributed by atoms with Gasteiger partial charge in [-0.1, -0.05) is 0 Å². The molecule has 1 N–H and O–H groups in total. The van der Waals surface area contributed by atoms with Gasteiger partial charge >= 0.3 is 0 Å². The molecule has 0 amide bonds. The monoisotopic (exact) mass is 363 g/mol. The zero-order valence-electron chi connectivity index (χ0n) is 14.4. The van der Waals surface area contributed by atoms with Gasteiger partial charge in [0.2, 0.25) is 0 Å². The number of anilines is 1. The number of nitrogens with zero attached hydrogens (tertiary/aromatic N) is 2. The minimum absolute atomic E-state index is 0.206. The topological polar surface area (TPSA) is 66.3 Å². The summed E-state index contributed by atoms with van der Waals surface area (Å²) in [5.74, 6) is 0.750. The molecule has 1 saturated heterocycles. The number of fused-ring (bicyclic) bond motifs is 1. The zero-order chi connectivity index (χ0) is 17.8. The van der Waals surface area contributed by atoms with Crippen LogP contribution >= 0.6 is 0 Å². The standard InChI is InChI=1S/C18H22FN3O2S/c1-24-17-6-15-13(5-14(17)19)16(3-4-21-15)22-10-18(11-22)7-12(8-18)9-25(2,20)23/h3-6,12,20H,7-11H2,1-2H3/t25-/m0/s1. The lowest BCUT2D eigenvalue weighted by atomic mass is 9.58.